The monoisotopic (exact) mass is 1110 g/mol. The molecule has 391 valence electrons. The number of benzene rings is 1. The molecule has 0 aliphatic rings. The van der Waals surface area contributed by atoms with Gasteiger partial charge in [0, 0.05) is 47.5 Å². The van der Waals surface area contributed by atoms with Gasteiger partial charge in [0.1, 0.15) is 0 Å². The smallest absolute Gasteiger partial charge is 1.00 e. The van der Waals surface area contributed by atoms with Crippen molar-refractivity contribution < 1.29 is 83.4 Å². The van der Waals surface area contributed by atoms with Gasteiger partial charge in [0.15, 0.2) is 0 Å². The molecule has 5 rings (SSSR count). The van der Waals surface area contributed by atoms with Crippen LogP contribution in [0.5, 0.6) is 0 Å². The van der Waals surface area contributed by atoms with Crippen LogP contribution in [0.4, 0.5) is 0 Å². The minimum atomic E-state index is -0.903. The molecule has 0 aliphatic carbocycles. The Labute approximate surface area is 462 Å². The number of carbonyl (C=O) groups excluding carboxylic acids is 2. The first-order valence-electron chi connectivity index (χ1n) is 26.3. The number of aromatic nitrogens is 4. The van der Waals surface area contributed by atoms with E-state index in [4.69, 9.17) is 0 Å². The molecular weight excluding hydrogens is 1030 g/mol. The standard InChI is InChI=1S/2C18H36O2.C12H8N2.C10H8N2.ClH.Cu.2Mn/c2*1-2-3-4-5-6-7-8-9-10-11-12-13-14-15-16-17-18(19)20;1-3-9-5-6-10-4-2-8-14-12(10)11(9)13-7-1;1-3-7-11-9(5-1)10-6-2-4-8-12-10;;;;/h2*2-17H2,1H3,(H,19,20);1-8H;1-8H;1H;;;/q;;;;;3*+2/p-3. The number of hydrogen-bond donors (Lipinski definition) is 0. The molecule has 0 amide bonds. The van der Waals surface area contributed by atoms with E-state index in [1.807, 2.05) is 48.5 Å². The zero-order valence-electron chi connectivity index (χ0n) is 42.7. The normalized spacial score (nSPS) is 10.0. The molecule has 70 heavy (non-hydrogen) atoms. The van der Waals surface area contributed by atoms with E-state index >= 15 is 0 Å². The third-order valence-corrected chi connectivity index (χ3v) is 11.9. The summed E-state index contributed by atoms with van der Waals surface area (Å²) in [6.45, 7) is 4.53. The summed E-state index contributed by atoms with van der Waals surface area (Å²) < 4.78 is 0. The van der Waals surface area contributed by atoms with Crippen LogP contribution in [-0.2, 0) is 60.8 Å². The predicted molar refractivity (Wildman–Crippen MR) is 274 cm³/mol. The quantitative estimate of drug-likeness (QED) is 0.0230. The molecule has 0 N–H and O–H groups in total. The van der Waals surface area contributed by atoms with Crippen LogP contribution in [0.15, 0.2) is 97.6 Å². The number of aliphatic carboxylic acids is 2. The molecule has 0 unspecified atom stereocenters. The molecule has 0 aliphatic heterocycles. The van der Waals surface area contributed by atoms with Gasteiger partial charge in [-0.1, -0.05) is 230 Å². The van der Waals surface area contributed by atoms with Crippen LogP contribution >= 0.6 is 0 Å². The Morgan fingerprint density at radius 3 is 0.857 bits per heavy atom. The van der Waals surface area contributed by atoms with E-state index in [2.05, 4.69) is 58.0 Å². The second kappa shape index (κ2) is 52.5. The number of nitrogens with zero attached hydrogens (tertiary/aromatic N) is 4. The summed E-state index contributed by atoms with van der Waals surface area (Å²) in [6, 6.07) is 23.7. The number of carbonyl (C=O) groups is 2. The molecule has 3 radical (unpaired) electrons. The first-order chi connectivity index (χ1) is 32.5. The molecule has 4 aromatic heterocycles. The number of pyridine rings is 4. The third-order valence-electron chi connectivity index (χ3n) is 11.9. The Bertz CT molecular complexity index is 1770. The van der Waals surface area contributed by atoms with Gasteiger partial charge in [0.25, 0.3) is 0 Å². The minimum absolute atomic E-state index is 0. The summed E-state index contributed by atoms with van der Waals surface area (Å²) in [6.07, 6.45) is 46.9. The Morgan fingerprint density at radius 1 is 0.357 bits per heavy atom. The maximum Gasteiger partial charge on any atom is 2.00 e. The van der Waals surface area contributed by atoms with Crippen LogP contribution in [0.2, 0.25) is 0 Å². The summed E-state index contributed by atoms with van der Waals surface area (Å²) in [4.78, 5) is 37.5. The van der Waals surface area contributed by atoms with Gasteiger partial charge in [-0.15, -0.1) is 0 Å². The molecule has 0 fully saturated rings. The summed E-state index contributed by atoms with van der Waals surface area (Å²) in [7, 11) is 0. The van der Waals surface area contributed by atoms with Gasteiger partial charge in [-0.3, -0.25) is 19.9 Å². The molecule has 1 aromatic carbocycles. The SMILES string of the molecule is CCCCCCCCCCCCCCCCCC(=O)[O-].CCCCCCCCCCCCCCCCCC(=O)[O-].[Cl-].[Cu+2].[Mn+2].[Mn+2].c1ccc(-c2ccccn2)nc1.c1cnc2c(c1)ccc1cccnc12. The predicted octanol–water partition coefficient (Wildman–Crippen LogP) is 11.9. The van der Waals surface area contributed by atoms with Crippen molar-refractivity contribution in [3.8, 4) is 11.4 Å². The van der Waals surface area contributed by atoms with E-state index in [1.54, 1.807) is 24.8 Å². The number of fused-ring (bicyclic) bond motifs is 3. The van der Waals surface area contributed by atoms with Crippen molar-refractivity contribution in [2.45, 2.75) is 219 Å². The van der Waals surface area contributed by atoms with Crippen molar-refractivity contribution in [3.05, 3.63) is 97.6 Å². The van der Waals surface area contributed by atoms with Gasteiger partial charge in [-0.2, -0.15) is 0 Å². The van der Waals surface area contributed by atoms with E-state index in [0.29, 0.717) is 0 Å². The number of rotatable bonds is 33. The second-order valence-corrected chi connectivity index (χ2v) is 17.8. The van der Waals surface area contributed by atoms with E-state index in [-0.39, 0.29) is 76.5 Å². The number of hydrogen-bond acceptors (Lipinski definition) is 8. The molecule has 4 heterocycles. The van der Waals surface area contributed by atoms with Crippen molar-refractivity contribution in [2.75, 3.05) is 0 Å². The average Bonchev–Trinajstić information content (AvgIpc) is 3.35. The Morgan fingerprint density at radius 2 is 0.614 bits per heavy atom. The number of unbranched alkanes of at least 4 members (excludes halogenated alkanes) is 28. The molecular formula is C58H86ClCuMn2N4O4+3. The van der Waals surface area contributed by atoms with Gasteiger partial charge in [0.05, 0.1) is 22.4 Å². The largest absolute Gasteiger partial charge is 2.00 e. The fourth-order valence-corrected chi connectivity index (χ4v) is 7.99. The van der Waals surface area contributed by atoms with Crippen molar-refractivity contribution >= 4 is 33.7 Å². The van der Waals surface area contributed by atoms with Crippen LogP contribution in [0, 0.1) is 0 Å². The maximum absolute atomic E-state index is 10.2. The van der Waals surface area contributed by atoms with Crippen molar-refractivity contribution in [1.29, 1.82) is 0 Å². The Kier molecular flexibility index (Phi) is 53.5. The van der Waals surface area contributed by atoms with Crippen LogP contribution in [0.1, 0.15) is 219 Å². The van der Waals surface area contributed by atoms with E-state index in [0.717, 1.165) is 58.9 Å². The Balaban J connectivity index is -0.000000851. The summed E-state index contributed by atoms with van der Waals surface area (Å²) >= 11 is 0. The van der Waals surface area contributed by atoms with Gasteiger partial charge in [-0.25, -0.2) is 0 Å². The molecule has 0 bridgehead atoms. The van der Waals surface area contributed by atoms with Crippen molar-refractivity contribution in [2.24, 2.45) is 0 Å². The van der Waals surface area contributed by atoms with E-state index in [1.165, 1.54) is 167 Å². The van der Waals surface area contributed by atoms with Gasteiger partial charge >= 0.3 is 51.2 Å². The van der Waals surface area contributed by atoms with Crippen LogP contribution in [-0.4, -0.2) is 31.9 Å². The maximum atomic E-state index is 10.2. The average molecular weight is 1110 g/mol. The second-order valence-electron chi connectivity index (χ2n) is 17.8. The molecule has 5 aromatic rings. The van der Waals surface area contributed by atoms with Crippen LogP contribution in [0.25, 0.3) is 33.2 Å². The fraction of sp³-hybridized carbons (Fsp3) is 0.586. The van der Waals surface area contributed by atoms with Crippen LogP contribution < -0.4 is 22.6 Å². The Hall–Kier alpha value is -2.87. The molecule has 8 nitrogen and oxygen atoms in total. The number of carboxylic acid groups (broad SMARTS) is 2. The fourth-order valence-electron chi connectivity index (χ4n) is 7.99. The first-order valence-corrected chi connectivity index (χ1v) is 26.3. The van der Waals surface area contributed by atoms with E-state index in [9.17, 15) is 19.8 Å². The number of halogens is 1. The third kappa shape index (κ3) is 39.7. The number of carboxylic acids is 2. The molecule has 0 atom stereocenters. The van der Waals surface area contributed by atoms with Crippen molar-refractivity contribution in [3.63, 3.8) is 0 Å². The first kappa shape index (κ1) is 71.4. The summed E-state index contributed by atoms with van der Waals surface area (Å²) in [5, 5.41) is 22.7. The van der Waals surface area contributed by atoms with Gasteiger partial charge < -0.3 is 32.2 Å². The molecule has 0 saturated heterocycles. The minimum Gasteiger partial charge on any atom is -1.00 e. The summed E-state index contributed by atoms with van der Waals surface area (Å²) in [5.74, 6) is -1.81. The van der Waals surface area contributed by atoms with Gasteiger partial charge in [0.2, 0.25) is 0 Å². The topological polar surface area (TPSA) is 132 Å². The van der Waals surface area contributed by atoms with E-state index < -0.39 is 11.9 Å². The van der Waals surface area contributed by atoms with Crippen molar-refractivity contribution in [1.82, 2.24) is 19.9 Å². The molecule has 12 heteroatoms. The summed E-state index contributed by atoms with van der Waals surface area (Å²) in [5.41, 5.74) is 3.78. The zero-order chi connectivity index (χ0) is 47.4. The zero-order valence-corrected chi connectivity index (χ0v) is 46.8. The van der Waals surface area contributed by atoms with Crippen LogP contribution in [0.3, 0.4) is 0 Å². The molecule has 0 spiro atoms. The molecule has 0 saturated carbocycles. The van der Waals surface area contributed by atoms with Gasteiger partial charge in [-0.05, 0) is 62.1 Å².